The summed E-state index contributed by atoms with van der Waals surface area (Å²) in [4.78, 5) is 4.29. The predicted octanol–water partition coefficient (Wildman–Crippen LogP) is 2.82. The molecule has 108 valence electrons. The van der Waals surface area contributed by atoms with Crippen molar-refractivity contribution in [1.29, 1.82) is 0 Å². The van der Waals surface area contributed by atoms with Crippen molar-refractivity contribution in [3.63, 3.8) is 0 Å². The molecule has 0 fully saturated rings. The average molecular weight is 282 g/mol. The van der Waals surface area contributed by atoms with E-state index in [2.05, 4.69) is 17.1 Å². The van der Waals surface area contributed by atoms with E-state index in [9.17, 15) is 5.11 Å². The first-order valence-corrected chi connectivity index (χ1v) is 7.07. The summed E-state index contributed by atoms with van der Waals surface area (Å²) in [6.07, 6.45) is 0.601. The quantitative estimate of drug-likeness (QED) is 0.754. The Bertz CT molecular complexity index is 676. The Balaban J connectivity index is 1.67. The molecular formula is C17H18N2O2. The first-order chi connectivity index (χ1) is 10.2. The summed E-state index contributed by atoms with van der Waals surface area (Å²) in [5.41, 5.74) is 8.68. The molecule has 0 bridgehead atoms. The van der Waals surface area contributed by atoms with Crippen molar-refractivity contribution >= 4 is 11.1 Å². The smallest absolute Gasteiger partial charge is 0.225 e. The first-order valence-electron chi connectivity index (χ1n) is 7.07. The van der Waals surface area contributed by atoms with Gasteiger partial charge in [-0.3, -0.25) is 0 Å². The molecule has 3 rings (SSSR count). The van der Waals surface area contributed by atoms with E-state index < -0.39 is 12.1 Å². The van der Waals surface area contributed by atoms with Gasteiger partial charge in [-0.1, -0.05) is 42.5 Å². The van der Waals surface area contributed by atoms with Gasteiger partial charge in [0.25, 0.3) is 0 Å². The molecule has 3 N–H and O–H groups in total. The zero-order valence-corrected chi connectivity index (χ0v) is 11.6. The van der Waals surface area contributed by atoms with Gasteiger partial charge in [0.15, 0.2) is 5.58 Å². The molecule has 0 aliphatic rings. The summed E-state index contributed by atoms with van der Waals surface area (Å²) >= 11 is 0. The van der Waals surface area contributed by atoms with Crippen molar-refractivity contribution < 1.29 is 9.52 Å². The Morgan fingerprint density at radius 2 is 1.76 bits per heavy atom. The normalized spacial score (nSPS) is 14.2. The number of oxazole rings is 1. The van der Waals surface area contributed by atoms with Gasteiger partial charge in [0.2, 0.25) is 5.89 Å². The topological polar surface area (TPSA) is 72.3 Å². The number of hydrogen-bond acceptors (Lipinski definition) is 4. The summed E-state index contributed by atoms with van der Waals surface area (Å²) in [6, 6.07) is 17.1. The lowest BCUT2D eigenvalue weighted by atomic mass is 10.0. The zero-order valence-electron chi connectivity index (χ0n) is 11.6. The third kappa shape index (κ3) is 3.12. The van der Waals surface area contributed by atoms with Crippen molar-refractivity contribution in [3.05, 3.63) is 66.1 Å². The van der Waals surface area contributed by atoms with Gasteiger partial charge in [0.05, 0.1) is 0 Å². The van der Waals surface area contributed by atoms with E-state index in [4.69, 9.17) is 10.2 Å². The van der Waals surface area contributed by atoms with Crippen LogP contribution in [0.25, 0.3) is 11.1 Å². The fourth-order valence-corrected chi connectivity index (χ4v) is 2.34. The maximum atomic E-state index is 10.3. The Labute approximate surface area is 123 Å². The average Bonchev–Trinajstić information content (AvgIpc) is 2.97. The molecule has 1 heterocycles. The number of aromatic nitrogens is 1. The molecule has 21 heavy (non-hydrogen) atoms. The van der Waals surface area contributed by atoms with E-state index in [-0.39, 0.29) is 5.89 Å². The fourth-order valence-electron chi connectivity index (χ4n) is 2.34. The van der Waals surface area contributed by atoms with Crippen LogP contribution in [0, 0.1) is 0 Å². The lowest BCUT2D eigenvalue weighted by molar-refractivity contribution is 0.114. The van der Waals surface area contributed by atoms with Gasteiger partial charge in [0, 0.05) is 6.04 Å². The number of benzene rings is 2. The minimum atomic E-state index is -0.888. The molecule has 0 amide bonds. The molecule has 4 nitrogen and oxygen atoms in total. The van der Waals surface area contributed by atoms with Crippen molar-refractivity contribution in [2.24, 2.45) is 5.73 Å². The first kappa shape index (κ1) is 13.8. The molecule has 0 radical (unpaired) electrons. The Morgan fingerprint density at radius 3 is 2.52 bits per heavy atom. The van der Waals surface area contributed by atoms with Crippen LogP contribution in [-0.2, 0) is 6.42 Å². The number of para-hydroxylation sites is 2. The third-order valence-electron chi connectivity index (χ3n) is 3.58. The number of nitrogens with two attached hydrogens (primary N) is 1. The summed E-state index contributed by atoms with van der Waals surface area (Å²) in [5.74, 6) is 0.289. The fraction of sp³-hybridized carbons (Fsp3) is 0.235. The molecule has 0 aliphatic heterocycles. The highest BCUT2D eigenvalue weighted by molar-refractivity contribution is 5.72. The van der Waals surface area contributed by atoms with Gasteiger partial charge in [-0.2, -0.15) is 0 Å². The van der Waals surface area contributed by atoms with Crippen LogP contribution in [-0.4, -0.2) is 16.1 Å². The molecule has 4 heteroatoms. The van der Waals surface area contributed by atoms with Crippen LogP contribution in [0.3, 0.4) is 0 Å². The standard InChI is InChI=1S/C17H18N2O2/c18-13(11-10-12-6-2-1-3-7-12)16(20)17-19-14-8-4-5-9-15(14)21-17/h1-9,13,16,20H,10-11,18H2. The van der Waals surface area contributed by atoms with Gasteiger partial charge in [-0.25, -0.2) is 4.98 Å². The van der Waals surface area contributed by atoms with E-state index >= 15 is 0 Å². The largest absolute Gasteiger partial charge is 0.438 e. The van der Waals surface area contributed by atoms with Crippen LogP contribution in [0.4, 0.5) is 0 Å². The molecule has 2 aromatic carbocycles. The zero-order chi connectivity index (χ0) is 14.7. The van der Waals surface area contributed by atoms with Gasteiger partial charge >= 0.3 is 0 Å². The molecule has 0 spiro atoms. The molecule has 2 atom stereocenters. The second kappa shape index (κ2) is 6.08. The predicted molar refractivity (Wildman–Crippen MR) is 81.7 cm³/mol. The molecule has 0 aliphatic carbocycles. The minimum Gasteiger partial charge on any atom is -0.438 e. The highest BCUT2D eigenvalue weighted by Gasteiger charge is 2.22. The second-order valence-corrected chi connectivity index (χ2v) is 5.15. The third-order valence-corrected chi connectivity index (χ3v) is 3.58. The Hall–Kier alpha value is -2.17. The highest BCUT2D eigenvalue weighted by Crippen LogP contribution is 2.23. The molecule has 0 saturated carbocycles. The number of aliphatic hydroxyl groups excluding tert-OH is 1. The Morgan fingerprint density at radius 1 is 1.05 bits per heavy atom. The maximum absolute atomic E-state index is 10.3. The lowest BCUT2D eigenvalue weighted by Crippen LogP contribution is -2.29. The summed E-state index contributed by atoms with van der Waals surface area (Å²) in [6.45, 7) is 0. The molecule has 2 unspecified atom stereocenters. The molecular weight excluding hydrogens is 264 g/mol. The van der Waals surface area contributed by atoms with E-state index in [1.165, 1.54) is 5.56 Å². The number of nitrogens with zero attached hydrogens (tertiary/aromatic N) is 1. The number of hydrogen-bond donors (Lipinski definition) is 2. The van der Waals surface area contributed by atoms with Crippen molar-refractivity contribution in [2.45, 2.75) is 25.0 Å². The second-order valence-electron chi connectivity index (χ2n) is 5.15. The van der Waals surface area contributed by atoms with Gasteiger partial charge in [0.1, 0.15) is 11.6 Å². The van der Waals surface area contributed by atoms with Crippen LogP contribution in [0.15, 0.2) is 59.0 Å². The van der Waals surface area contributed by atoms with E-state index in [0.29, 0.717) is 12.0 Å². The van der Waals surface area contributed by atoms with Crippen molar-refractivity contribution in [2.75, 3.05) is 0 Å². The van der Waals surface area contributed by atoms with Crippen LogP contribution in [0.1, 0.15) is 24.0 Å². The minimum absolute atomic E-state index is 0.289. The summed E-state index contributed by atoms with van der Waals surface area (Å²) in [5, 5.41) is 10.3. The van der Waals surface area contributed by atoms with Gasteiger partial charge in [-0.15, -0.1) is 0 Å². The van der Waals surface area contributed by atoms with Crippen LogP contribution in [0.5, 0.6) is 0 Å². The van der Waals surface area contributed by atoms with Crippen LogP contribution >= 0.6 is 0 Å². The monoisotopic (exact) mass is 282 g/mol. The van der Waals surface area contributed by atoms with E-state index in [1.54, 1.807) is 0 Å². The van der Waals surface area contributed by atoms with Crippen molar-refractivity contribution in [1.82, 2.24) is 4.98 Å². The molecule has 1 aromatic heterocycles. The van der Waals surface area contributed by atoms with E-state index in [0.717, 1.165) is 11.9 Å². The summed E-state index contributed by atoms with van der Waals surface area (Å²) in [7, 11) is 0. The van der Waals surface area contributed by atoms with Gasteiger partial charge in [-0.05, 0) is 30.5 Å². The van der Waals surface area contributed by atoms with Crippen molar-refractivity contribution in [3.8, 4) is 0 Å². The number of aliphatic hydroxyl groups is 1. The molecule has 0 saturated heterocycles. The van der Waals surface area contributed by atoms with Crippen LogP contribution in [0.2, 0.25) is 0 Å². The number of rotatable bonds is 5. The highest BCUT2D eigenvalue weighted by atomic mass is 16.4. The maximum Gasteiger partial charge on any atom is 0.225 e. The van der Waals surface area contributed by atoms with Crippen LogP contribution < -0.4 is 5.73 Å². The summed E-state index contributed by atoms with van der Waals surface area (Å²) < 4.78 is 5.56. The molecule has 3 aromatic rings. The lowest BCUT2D eigenvalue weighted by Gasteiger charge is -2.15. The van der Waals surface area contributed by atoms with Gasteiger partial charge < -0.3 is 15.3 Å². The number of fused-ring (bicyclic) bond motifs is 1. The van der Waals surface area contributed by atoms with E-state index in [1.807, 2.05) is 42.5 Å². The number of aryl methyl sites for hydroxylation is 1. The SMILES string of the molecule is NC(CCc1ccccc1)C(O)c1nc2ccccc2o1. The Kier molecular flexibility index (Phi) is 3.99.